The molecule has 5 rings (SSSR count). The van der Waals surface area contributed by atoms with Gasteiger partial charge in [-0.2, -0.15) is 0 Å². The summed E-state index contributed by atoms with van der Waals surface area (Å²) in [5.74, 6) is 0.515. The lowest BCUT2D eigenvalue weighted by molar-refractivity contribution is -0.110. The highest BCUT2D eigenvalue weighted by atomic mass is 32.1. The largest absolute Gasteiger partial charge is 0.345 e. The third-order valence-corrected chi connectivity index (χ3v) is 5.22. The first-order valence-corrected chi connectivity index (χ1v) is 9.19. The van der Waals surface area contributed by atoms with Gasteiger partial charge < -0.3 is 10.3 Å². The van der Waals surface area contributed by atoms with Crippen LogP contribution in [0.5, 0.6) is 0 Å². The molecule has 130 valence electrons. The number of aromatic amines is 1. The second kappa shape index (κ2) is 6.30. The molecule has 0 aliphatic carbocycles. The van der Waals surface area contributed by atoms with E-state index >= 15 is 0 Å². The summed E-state index contributed by atoms with van der Waals surface area (Å²) in [6, 6.07) is 9.76. The normalized spacial score (nSPS) is 14.4. The molecular formula is C20H13N5OS. The van der Waals surface area contributed by atoms with Crippen molar-refractivity contribution in [1.29, 1.82) is 0 Å². The van der Waals surface area contributed by atoms with E-state index in [0.29, 0.717) is 11.4 Å². The molecule has 0 radical (unpaired) electrons. The van der Waals surface area contributed by atoms with Crippen molar-refractivity contribution in [2.75, 3.05) is 5.32 Å². The van der Waals surface area contributed by atoms with Crippen LogP contribution >= 0.6 is 11.3 Å². The molecule has 0 unspecified atom stereocenters. The van der Waals surface area contributed by atoms with E-state index in [1.165, 1.54) is 0 Å². The molecule has 4 heterocycles. The zero-order valence-electron chi connectivity index (χ0n) is 14.0. The Morgan fingerprint density at radius 2 is 1.93 bits per heavy atom. The SMILES string of the molecule is O=C1Nc2ccc(-c3csc(-c4ccncc4)n3)cc2/C1=C/c1ncc[nH]1. The summed E-state index contributed by atoms with van der Waals surface area (Å²) in [4.78, 5) is 28.3. The van der Waals surface area contributed by atoms with Crippen LogP contribution in [0.1, 0.15) is 11.4 Å². The van der Waals surface area contributed by atoms with Crippen LogP contribution in [0, 0.1) is 0 Å². The summed E-state index contributed by atoms with van der Waals surface area (Å²) < 4.78 is 0. The number of nitrogens with one attached hydrogen (secondary N) is 2. The van der Waals surface area contributed by atoms with Crippen molar-refractivity contribution in [2.24, 2.45) is 0 Å². The second-order valence-electron chi connectivity index (χ2n) is 6.02. The van der Waals surface area contributed by atoms with E-state index in [9.17, 15) is 4.79 Å². The predicted octanol–water partition coefficient (Wildman–Crippen LogP) is 4.09. The highest BCUT2D eigenvalue weighted by Crippen LogP contribution is 2.37. The van der Waals surface area contributed by atoms with Crippen molar-refractivity contribution in [2.45, 2.75) is 0 Å². The molecule has 0 saturated carbocycles. The van der Waals surface area contributed by atoms with E-state index in [4.69, 9.17) is 4.98 Å². The molecule has 1 amide bonds. The van der Waals surface area contributed by atoms with E-state index in [-0.39, 0.29) is 5.91 Å². The van der Waals surface area contributed by atoms with Crippen molar-refractivity contribution in [3.05, 3.63) is 71.9 Å². The van der Waals surface area contributed by atoms with E-state index in [1.54, 1.807) is 42.2 Å². The molecule has 3 aromatic heterocycles. The standard InChI is InChI=1S/C20H13N5OS/c26-19-15(10-18-22-7-8-23-18)14-9-13(1-2-16(14)24-19)17-11-27-20(25-17)12-3-5-21-6-4-12/h1-11H,(H,22,23)(H,24,26)/b15-10-. The number of pyridine rings is 1. The molecule has 1 aliphatic heterocycles. The predicted molar refractivity (Wildman–Crippen MR) is 106 cm³/mol. The zero-order valence-corrected chi connectivity index (χ0v) is 14.8. The minimum absolute atomic E-state index is 0.130. The molecule has 1 aromatic carbocycles. The van der Waals surface area contributed by atoms with E-state index < -0.39 is 0 Å². The summed E-state index contributed by atoms with van der Waals surface area (Å²) >= 11 is 1.58. The topological polar surface area (TPSA) is 83.6 Å². The van der Waals surface area contributed by atoms with Crippen LogP contribution in [0.4, 0.5) is 5.69 Å². The van der Waals surface area contributed by atoms with Crippen LogP contribution in [0.3, 0.4) is 0 Å². The number of benzene rings is 1. The highest BCUT2D eigenvalue weighted by molar-refractivity contribution is 7.13. The number of carbonyl (C=O) groups is 1. The lowest BCUT2D eigenvalue weighted by atomic mass is 10.0. The minimum Gasteiger partial charge on any atom is -0.345 e. The molecular weight excluding hydrogens is 358 g/mol. The summed E-state index contributed by atoms with van der Waals surface area (Å²) in [5, 5.41) is 5.86. The molecule has 0 spiro atoms. The lowest BCUT2D eigenvalue weighted by Gasteiger charge is -2.02. The van der Waals surface area contributed by atoms with E-state index in [0.717, 1.165) is 33.1 Å². The number of H-pyrrole nitrogens is 1. The lowest BCUT2D eigenvalue weighted by Crippen LogP contribution is -2.03. The Balaban J connectivity index is 1.54. The van der Waals surface area contributed by atoms with Gasteiger partial charge in [-0.3, -0.25) is 9.78 Å². The van der Waals surface area contributed by atoms with E-state index in [1.807, 2.05) is 35.7 Å². The molecule has 1 aliphatic rings. The van der Waals surface area contributed by atoms with Gasteiger partial charge in [-0.1, -0.05) is 6.07 Å². The fourth-order valence-electron chi connectivity index (χ4n) is 3.02. The molecule has 0 fully saturated rings. The van der Waals surface area contributed by atoms with Gasteiger partial charge in [0.15, 0.2) is 0 Å². The van der Waals surface area contributed by atoms with Gasteiger partial charge >= 0.3 is 0 Å². The Hall–Kier alpha value is -3.58. The monoisotopic (exact) mass is 371 g/mol. The van der Waals surface area contributed by atoms with Gasteiger partial charge in [0.1, 0.15) is 10.8 Å². The third-order valence-electron chi connectivity index (χ3n) is 4.33. The first-order chi connectivity index (χ1) is 13.3. The molecule has 27 heavy (non-hydrogen) atoms. The Morgan fingerprint density at radius 1 is 1.04 bits per heavy atom. The number of rotatable bonds is 3. The smallest absolute Gasteiger partial charge is 0.256 e. The van der Waals surface area contributed by atoms with Crippen LogP contribution in [0.2, 0.25) is 0 Å². The molecule has 4 aromatic rings. The van der Waals surface area contributed by atoms with Crippen molar-refractivity contribution >= 4 is 34.6 Å². The molecule has 6 nitrogen and oxygen atoms in total. The molecule has 0 atom stereocenters. The van der Waals surface area contributed by atoms with Gasteiger partial charge in [0.2, 0.25) is 0 Å². The van der Waals surface area contributed by atoms with Crippen LogP contribution in [-0.2, 0) is 4.79 Å². The van der Waals surface area contributed by atoms with Gasteiger partial charge in [-0.05, 0) is 30.3 Å². The summed E-state index contributed by atoms with van der Waals surface area (Å²) in [5.41, 5.74) is 5.13. The number of nitrogens with zero attached hydrogens (tertiary/aromatic N) is 3. The highest BCUT2D eigenvalue weighted by Gasteiger charge is 2.25. The van der Waals surface area contributed by atoms with Crippen molar-refractivity contribution in [1.82, 2.24) is 19.9 Å². The third kappa shape index (κ3) is 2.84. The second-order valence-corrected chi connectivity index (χ2v) is 6.88. The Bertz CT molecular complexity index is 1160. The summed E-state index contributed by atoms with van der Waals surface area (Å²) in [6.45, 7) is 0. The average Bonchev–Trinajstić information content (AvgIpc) is 3.44. The number of carbonyl (C=O) groups excluding carboxylic acids is 1. The maximum atomic E-state index is 12.4. The number of imidazole rings is 1. The number of hydrogen-bond acceptors (Lipinski definition) is 5. The zero-order chi connectivity index (χ0) is 18.2. The molecule has 2 N–H and O–H groups in total. The average molecular weight is 371 g/mol. The molecule has 0 bridgehead atoms. The van der Waals surface area contributed by atoms with Gasteiger partial charge in [0.25, 0.3) is 5.91 Å². The number of thiazole rings is 1. The summed E-state index contributed by atoms with van der Waals surface area (Å²) in [6.07, 6.45) is 8.66. The first-order valence-electron chi connectivity index (χ1n) is 8.31. The minimum atomic E-state index is -0.130. The summed E-state index contributed by atoms with van der Waals surface area (Å²) in [7, 11) is 0. The van der Waals surface area contributed by atoms with Gasteiger partial charge in [0, 0.05) is 52.5 Å². The molecule has 0 saturated heterocycles. The van der Waals surface area contributed by atoms with E-state index in [2.05, 4.69) is 20.3 Å². The van der Waals surface area contributed by atoms with Crippen molar-refractivity contribution in [3.63, 3.8) is 0 Å². The van der Waals surface area contributed by atoms with Gasteiger partial charge in [-0.15, -0.1) is 11.3 Å². The number of anilines is 1. The van der Waals surface area contributed by atoms with Gasteiger partial charge in [0.05, 0.1) is 11.3 Å². The Kier molecular flexibility index (Phi) is 3.65. The van der Waals surface area contributed by atoms with Crippen molar-refractivity contribution in [3.8, 4) is 21.8 Å². The number of amides is 1. The quantitative estimate of drug-likeness (QED) is 0.531. The van der Waals surface area contributed by atoms with Crippen LogP contribution in [0.25, 0.3) is 33.5 Å². The number of aromatic nitrogens is 4. The Morgan fingerprint density at radius 3 is 2.74 bits per heavy atom. The van der Waals surface area contributed by atoms with Crippen LogP contribution < -0.4 is 5.32 Å². The Labute approximate surface area is 158 Å². The first kappa shape index (κ1) is 15.7. The van der Waals surface area contributed by atoms with Crippen molar-refractivity contribution < 1.29 is 4.79 Å². The molecule has 7 heteroatoms. The van der Waals surface area contributed by atoms with Crippen LogP contribution in [0.15, 0.2) is 60.5 Å². The van der Waals surface area contributed by atoms with Gasteiger partial charge in [-0.25, -0.2) is 9.97 Å². The van der Waals surface area contributed by atoms with Crippen LogP contribution in [-0.4, -0.2) is 25.8 Å². The number of hydrogen-bond donors (Lipinski definition) is 2. The number of fused-ring (bicyclic) bond motifs is 1. The maximum absolute atomic E-state index is 12.4. The fraction of sp³-hybridized carbons (Fsp3) is 0. The maximum Gasteiger partial charge on any atom is 0.256 e. The fourth-order valence-corrected chi connectivity index (χ4v) is 3.85.